The molecule has 26 heavy (non-hydrogen) atoms. The Hall–Kier alpha value is -2.35. The Balaban J connectivity index is 1.95. The van der Waals surface area contributed by atoms with E-state index in [2.05, 4.69) is 0 Å². The van der Waals surface area contributed by atoms with Gasteiger partial charge in [-0.05, 0) is 31.7 Å². The Morgan fingerprint density at radius 1 is 1.31 bits per heavy atom. The van der Waals surface area contributed by atoms with Crippen LogP contribution in [0.25, 0.3) is 10.9 Å². The number of nitrogen functional groups attached to an aromatic ring is 1. The molecule has 0 unspecified atom stereocenters. The fourth-order valence-corrected chi connectivity index (χ4v) is 3.86. The van der Waals surface area contributed by atoms with E-state index in [1.807, 2.05) is 13.8 Å². The van der Waals surface area contributed by atoms with E-state index in [9.17, 15) is 19.1 Å². The smallest absolute Gasteiger partial charge is 0.350 e. The largest absolute Gasteiger partial charge is 0.386 e. The lowest BCUT2D eigenvalue weighted by Gasteiger charge is -2.50. The lowest BCUT2D eigenvalue weighted by molar-refractivity contribution is -0.0303. The zero-order chi connectivity index (χ0) is 19.0. The molecule has 0 radical (unpaired) electrons. The van der Waals surface area contributed by atoms with E-state index in [4.69, 9.17) is 5.84 Å². The van der Waals surface area contributed by atoms with Crippen LogP contribution < -0.4 is 22.0 Å². The van der Waals surface area contributed by atoms with Gasteiger partial charge in [-0.25, -0.2) is 9.18 Å². The third-order valence-electron chi connectivity index (χ3n) is 5.80. The topological polar surface area (TPSA) is 93.5 Å². The van der Waals surface area contributed by atoms with Crippen molar-refractivity contribution in [1.82, 2.24) is 9.24 Å². The molecule has 0 spiro atoms. The SMILES string of the molecule is Cc1c(N2CC(O)(C(C)C)C2)c(F)cc2c(=O)n(N)c(=O)n(C3CC3)c12. The maximum absolute atomic E-state index is 14.9. The van der Waals surface area contributed by atoms with Crippen molar-refractivity contribution >= 4 is 16.6 Å². The number of hydrogen-bond donors (Lipinski definition) is 2. The second kappa shape index (κ2) is 5.33. The molecule has 0 bridgehead atoms. The molecular weight excluding hydrogens is 339 g/mol. The Labute approximate surface area is 149 Å². The number of rotatable bonds is 3. The van der Waals surface area contributed by atoms with Crippen LogP contribution in [0, 0.1) is 18.7 Å². The number of anilines is 1. The van der Waals surface area contributed by atoms with Crippen LogP contribution in [0.4, 0.5) is 10.1 Å². The van der Waals surface area contributed by atoms with E-state index in [1.165, 1.54) is 4.57 Å². The summed E-state index contributed by atoms with van der Waals surface area (Å²) in [6.07, 6.45) is 1.66. The van der Waals surface area contributed by atoms with Crippen molar-refractivity contribution in [3.63, 3.8) is 0 Å². The highest BCUT2D eigenvalue weighted by Crippen LogP contribution is 2.41. The number of β-amino-alcohol motifs (C(OH)–C–C–N with tert-alkyl or cyclic N) is 1. The molecule has 7 nitrogen and oxygen atoms in total. The van der Waals surface area contributed by atoms with Gasteiger partial charge in [0.1, 0.15) is 11.4 Å². The number of benzene rings is 1. The Kier molecular flexibility index (Phi) is 3.50. The average Bonchev–Trinajstić information content (AvgIpc) is 3.36. The van der Waals surface area contributed by atoms with Crippen LogP contribution in [0.3, 0.4) is 0 Å². The molecule has 0 amide bonds. The minimum Gasteiger partial charge on any atom is -0.386 e. The highest BCUT2D eigenvalue weighted by atomic mass is 19.1. The molecular formula is C18H23FN4O3. The fourth-order valence-electron chi connectivity index (χ4n) is 3.86. The molecule has 1 aliphatic carbocycles. The minimum absolute atomic E-state index is 0.0126. The monoisotopic (exact) mass is 362 g/mol. The summed E-state index contributed by atoms with van der Waals surface area (Å²) in [7, 11) is 0. The molecule has 3 N–H and O–H groups in total. The van der Waals surface area contributed by atoms with E-state index in [1.54, 1.807) is 11.8 Å². The van der Waals surface area contributed by atoms with Gasteiger partial charge in [0.05, 0.1) is 16.6 Å². The number of aryl methyl sites for hydroxylation is 1. The first kappa shape index (κ1) is 17.1. The Morgan fingerprint density at radius 2 is 1.92 bits per heavy atom. The Bertz CT molecular complexity index is 1030. The molecule has 1 saturated carbocycles. The number of nitrogens with zero attached hydrogens (tertiary/aromatic N) is 3. The van der Waals surface area contributed by atoms with Crippen LogP contribution in [0.5, 0.6) is 0 Å². The van der Waals surface area contributed by atoms with Gasteiger partial charge >= 0.3 is 5.69 Å². The predicted molar refractivity (Wildman–Crippen MR) is 97.6 cm³/mol. The molecule has 140 valence electrons. The predicted octanol–water partition coefficient (Wildman–Crippen LogP) is 0.867. The highest BCUT2D eigenvalue weighted by Gasteiger charge is 2.45. The minimum atomic E-state index is -0.856. The molecule has 4 rings (SSSR count). The summed E-state index contributed by atoms with van der Waals surface area (Å²) in [6, 6.07) is 1.15. The van der Waals surface area contributed by atoms with Crippen molar-refractivity contribution in [1.29, 1.82) is 0 Å². The van der Waals surface area contributed by atoms with Gasteiger partial charge in [0.2, 0.25) is 0 Å². The molecule has 1 aromatic carbocycles. The number of aromatic nitrogens is 2. The third kappa shape index (κ3) is 2.21. The first-order chi connectivity index (χ1) is 12.2. The summed E-state index contributed by atoms with van der Waals surface area (Å²) < 4.78 is 16.9. The Morgan fingerprint density at radius 3 is 2.46 bits per heavy atom. The molecule has 2 aliphatic rings. The number of hydrogen-bond acceptors (Lipinski definition) is 5. The van der Waals surface area contributed by atoms with Crippen molar-refractivity contribution in [3.8, 4) is 0 Å². The first-order valence-electron chi connectivity index (χ1n) is 8.88. The molecule has 1 saturated heterocycles. The summed E-state index contributed by atoms with van der Waals surface area (Å²) in [5.74, 6) is 5.13. The zero-order valence-corrected chi connectivity index (χ0v) is 15.1. The van der Waals surface area contributed by atoms with Gasteiger partial charge in [-0.2, -0.15) is 4.68 Å². The molecule has 1 aliphatic heterocycles. The van der Waals surface area contributed by atoms with Crippen LogP contribution in [-0.4, -0.2) is 33.0 Å². The van der Waals surface area contributed by atoms with Gasteiger partial charge < -0.3 is 15.8 Å². The van der Waals surface area contributed by atoms with Crippen LogP contribution in [-0.2, 0) is 0 Å². The summed E-state index contributed by atoms with van der Waals surface area (Å²) in [5, 5.41) is 10.6. The van der Waals surface area contributed by atoms with Crippen LogP contribution in [0.2, 0.25) is 0 Å². The van der Waals surface area contributed by atoms with Gasteiger partial charge in [-0.1, -0.05) is 13.8 Å². The second-order valence-corrected chi connectivity index (χ2v) is 7.90. The quantitative estimate of drug-likeness (QED) is 0.790. The van der Waals surface area contributed by atoms with Crippen molar-refractivity contribution in [2.75, 3.05) is 23.8 Å². The molecule has 2 heterocycles. The van der Waals surface area contributed by atoms with Crippen molar-refractivity contribution in [3.05, 3.63) is 38.3 Å². The molecule has 2 aromatic rings. The number of nitrogens with two attached hydrogens (primary N) is 1. The van der Waals surface area contributed by atoms with E-state index in [-0.39, 0.29) is 17.3 Å². The normalized spacial score (nSPS) is 19.2. The van der Waals surface area contributed by atoms with Gasteiger partial charge in [0, 0.05) is 24.7 Å². The zero-order valence-electron chi connectivity index (χ0n) is 15.1. The van der Waals surface area contributed by atoms with Crippen LogP contribution in [0.1, 0.15) is 38.3 Å². The lowest BCUT2D eigenvalue weighted by Crippen LogP contribution is -2.65. The van der Waals surface area contributed by atoms with E-state index < -0.39 is 22.7 Å². The maximum atomic E-state index is 14.9. The molecule has 2 fully saturated rings. The van der Waals surface area contributed by atoms with Crippen LogP contribution in [0.15, 0.2) is 15.7 Å². The van der Waals surface area contributed by atoms with Gasteiger partial charge in [0.25, 0.3) is 5.56 Å². The summed E-state index contributed by atoms with van der Waals surface area (Å²) in [5.41, 5.74) is -0.811. The number of fused-ring (bicyclic) bond motifs is 1. The number of aliphatic hydroxyl groups is 1. The molecule has 8 heteroatoms. The summed E-state index contributed by atoms with van der Waals surface area (Å²) >= 11 is 0. The van der Waals surface area contributed by atoms with Crippen molar-refractivity contribution < 1.29 is 9.50 Å². The summed E-state index contributed by atoms with van der Waals surface area (Å²) in [6.45, 7) is 6.20. The summed E-state index contributed by atoms with van der Waals surface area (Å²) in [4.78, 5) is 26.7. The van der Waals surface area contributed by atoms with Crippen molar-refractivity contribution in [2.45, 2.75) is 45.3 Å². The average molecular weight is 362 g/mol. The fraction of sp³-hybridized carbons (Fsp3) is 0.556. The van der Waals surface area contributed by atoms with Gasteiger partial charge in [-0.3, -0.25) is 9.36 Å². The highest BCUT2D eigenvalue weighted by molar-refractivity contribution is 5.87. The first-order valence-corrected chi connectivity index (χ1v) is 8.88. The van der Waals surface area contributed by atoms with Gasteiger partial charge in [-0.15, -0.1) is 0 Å². The standard InChI is InChI=1S/C18H23FN4O3/c1-9(2)18(26)7-21(8-18)15-10(3)14-12(6-13(15)19)16(24)23(20)17(25)22(14)11-4-5-11/h6,9,11,26H,4-5,7-8,20H2,1-3H3. The van der Waals surface area contributed by atoms with E-state index >= 15 is 0 Å². The van der Waals surface area contributed by atoms with E-state index in [0.29, 0.717) is 34.5 Å². The second-order valence-electron chi connectivity index (χ2n) is 7.90. The van der Waals surface area contributed by atoms with Gasteiger partial charge in [0.15, 0.2) is 0 Å². The van der Waals surface area contributed by atoms with E-state index in [0.717, 1.165) is 18.9 Å². The maximum Gasteiger partial charge on any atom is 0.350 e. The molecule has 0 atom stereocenters. The molecule has 1 aromatic heterocycles. The van der Waals surface area contributed by atoms with Crippen LogP contribution >= 0.6 is 0 Å². The third-order valence-corrected chi connectivity index (χ3v) is 5.80. The number of halogens is 1. The van der Waals surface area contributed by atoms with Crippen molar-refractivity contribution in [2.24, 2.45) is 5.92 Å². The lowest BCUT2D eigenvalue weighted by atomic mass is 9.82.